The first-order valence-corrected chi connectivity index (χ1v) is 5.82. The van der Waals surface area contributed by atoms with Crippen molar-refractivity contribution in [3.8, 4) is 0 Å². The lowest BCUT2D eigenvalue weighted by Crippen LogP contribution is -2.29. The van der Waals surface area contributed by atoms with E-state index in [1.54, 1.807) is 0 Å². The highest BCUT2D eigenvalue weighted by molar-refractivity contribution is 5.94. The first kappa shape index (κ1) is 9.84. The molecule has 3 rings (SSSR count). The fourth-order valence-corrected chi connectivity index (χ4v) is 2.17. The Bertz CT molecular complexity index is 433. The van der Waals surface area contributed by atoms with E-state index in [0.29, 0.717) is 11.7 Å². The number of rotatable bonds is 2. The van der Waals surface area contributed by atoms with Crippen LogP contribution in [0.25, 0.3) is 0 Å². The third-order valence-electron chi connectivity index (χ3n) is 3.25. The minimum atomic E-state index is 0.00116. The van der Waals surface area contributed by atoms with Crippen LogP contribution in [-0.4, -0.2) is 28.3 Å². The van der Waals surface area contributed by atoms with Crippen molar-refractivity contribution in [3.63, 3.8) is 0 Å². The average Bonchev–Trinajstić information content (AvgIpc) is 3.03. The molecule has 1 aliphatic carbocycles. The molecule has 16 heavy (non-hydrogen) atoms. The number of nitrogens with zero attached hydrogens (tertiary/aromatic N) is 2. The lowest BCUT2D eigenvalue weighted by atomic mass is 10.1. The number of amides is 1. The third kappa shape index (κ3) is 1.61. The summed E-state index contributed by atoms with van der Waals surface area (Å²) in [6.45, 7) is 1.75. The van der Waals surface area contributed by atoms with Gasteiger partial charge in [-0.05, 0) is 25.8 Å². The normalized spacial score (nSPS) is 19.3. The molecule has 5 nitrogen and oxygen atoms in total. The maximum atomic E-state index is 12.0. The van der Waals surface area contributed by atoms with Gasteiger partial charge >= 0.3 is 0 Å². The van der Waals surface area contributed by atoms with Gasteiger partial charge in [-0.15, -0.1) is 0 Å². The van der Waals surface area contributed by atoms with Crippen LogP contribution in [-0.2, 0) is 20.0 Å². The lowest BCUT2D eigenvalue weighted by molar-refractivity contribution is 0.0944. The van der Waals surface area contributed by atoms with Gasteiger partial charge < -0.3 is 10.6 Å². The van der Waals surface area contributed by atoms with Crippen molar-refractivity contribution in [1.29, 1.82) is 0 Å². The van der Waals surface area contributed by atoms with Gasteiger partial charge in [-0.2, -0.15) is 5.10 Å². The molecule has 1 fully saturated rings. The van der Waals surface area contributed by atoms with E-state index in [1.165, 1.54) is 0 Å². The molecule has 1 aromatic heterocycles. The Morgan fingerprint density at radius 3 is 3.12 bits per heavy atom. The van der Waals surface area contributed by atoms with Gasteiger partial charge in [-0.1, -0.05) is 0 Å². The highest BCUT2D eigenvalue weighted by atomic mass is 16.2. The average molecular weight is 220 g/mol. The van der Waals surface area contributed by atoms with Crippen LogP contribution in [0.5, 0.6) is 0 Å². The Morgan fingerprint density at radius 2 is 2.38 bits per heavy atom. The summed E-state index contributed by atoms with van der Waals surface area (Å²) in [7, 11) is 1.90. The predicted octanol–water partition coefficient (Wildman–Crippen LogP) is -0.0420. The highest BCUT2D eigenvalue weighted by Gasteiger charge is 2.28. The van der Waals surface area contributed by atoms with Crippen molar-refractivity contribution in [2.45, 2.75) is 31.8 Å². The molecule has 0 aromatic carbocycles. The van der Waals surface area contributed by atoms with Gasteiger partial charge in [-0.25, -0.2) is 0 Å². The minimum absolute atomic E-state index is 0.00116. The van der Waals surface area contributed by atoms with E-state index in [0.717, 1.165) is 43.6 Å². The molecule has 1 aliphatic heterocycles. The second-order valence-electron chi connectivity index (χ2n) is 4.57. The fraction of sp³-hybridized carbons (Fsp3) is 0.636. The number of carbonyl (C=O) groups excluding carboxylic acids is 1. The van der Waals surface area contributed by atoms with E-state index in [2.05, 4.69) is 15.7 Å². The van der Waals surface area contributed by atoms with E-state index < -0.39 is 0 Å². The molecule has 0 unspecified atom stereocenters. The Labute approximate surface area is 94.2 Å². The van der Waals surface area contributed by atoms with Gasteiger partial charge in [0.25, 0.3) is 5.91 Å². The molecule has 0 saturated heterocycles. The van der Waals surface area contributed by atoms with Gasteiger partial charge in [0, 0.05) is 25.2 Å². The molecule has 2 heterocycles. The Morgan fingerprint density at radius 1 is 1.56 bits per heavy atom. The number of carbonyl (C=O) groups is 1. The molecule has 0 spiro atoms. The van der Waals surface area contributed by atoms with Gasteiger partial charge in [0.05, 0.1) is 5.69 Å². The number of fused-ring (bicyclic) bond motifs is 1. The zero-order chi connectivity index (χ0) is 11.1. The van der Waals surface area contributed by atoms with Crippen molar-refractivity contribution in [3.05, 3.63) is 17.0 Å². The Hall–Kier alpha value is -1.36. The summed E-state index contributed by atoms with van der Waals surface area (Å²) in [4.78, 5) is 12.0. The monoisotopic (exact) mass is 220 g/mol. The number of hydrogen-bond acceptors (Lipinski definition) is 3. The first-order chi connectivity index (χ1) is 7.75. The molecular weight excluding hydrogens is 204 g/mol. The zero-order valence-corrected chi connectivity index (χ0v) is 9.42. The molecule has 2 aliphatic rings. The molecule has 1 amide bonds. The Kier molecular flexibility index (Phi) is 2.21. The lowest BCUT2D eigenvalue weighted by Gasteiger charge is -2.14. The molecule has 1 aromatic rings. The van der Waals surface area contributed by atoms with Crippen molar-refractivity contribution in [2.75, 3.05) is 6.54 Å². The summed E-state index contributed by atoms with van der Waals surface area (Å²) in [5, 5.41) is 10.6. The zero-order valence-electron chi connectivity index (χ0n) is 9.42. The smallest absolute Gasteiger partial charge is 0.272 e. The van der Waals surface area contributed by atoms with Crippen LogP contribution in [0.3, 0.4) is 0 Å². The maximum Gasteiger partial charge on any atom is 0.272 e. The molecule has 1 saturated carbocycles. The summed E-state index contributed by atoms with van der Waals surface area (Å²) < 4.78 is 1.82. The van der Waals surface area contributed by atoms with Crippen LogP contribution < -0.4 is 10.6 Å². The number of hydrogen-bond donors (Lipinski definition) is 2. The van der Waals surface area contributed by atoms with Crippen molar-refractivity contribution < 1.29 is 4.79 Å². The van der Waals surface area contributed by atoms with Crippen LogP contribution in [0.1, 0.15) is 34.6 Å². The molecule has 2 N–H and O–H groups in total. The SMILES string of the molecule is Cn1nc(C(=O)NC2CC2)c2c1CNCC2. The summed E-state index contributed by atoms with van der Waals surface area (Å²) in [6, 6.07) is 0.395. The molecule has 86 valence electrons. The van der Waals surface area contributed by atoms with Crippen molar-refractivity contribution in [1.82, 2.24) is 20.4 Å². The fourth-order valence-electron chi connectivity index (χ4n) is 2.17. The summed E-state index contributed by atoms with van der Waals surface area (Å²) >= 11 is 0. The molecule has 0 atom stereocenters. The standard InChI is InChI=1S/C11H16N4O/c1-15-9-6-12-5-4-8(9)10(14-15)11(16)13-7-2-3-7/h7,12H,2-6H2,1H3,(H,13,16). The third-order valence-corrected chi connectivity index (χ3v) is 3.25. The van der Waals surface area contributed by atoms with Crippen molar-refractivity contribution >= 4 is 5.91 Å². The Balaban J connectivity index is 1.90. The summed E-state index contributed by atoms with van der Waals surface area (Å²) in [6.07, 6.45) is 3.13. The van der Waals surface area contributed by atoms with E-state index in [-0.39, 0.29) is 5.91 Å². The van der Waals surface area contributed by atoms with Gasteiger partial charge in [-0.3, -0.25) is 9.48 Å². The van der Waals surface area contributed by atoms with Crippen LogP contribution in [0.4, 0.5) is 0 Å². The second-order valence-corrected chi connectivity index (χ2v) is 4.57. The van der Waals surface area contributed by atoms with Gasteiger partial charge in [0.1, 0.15) is 0 Å². The van der Waals surface area contributed by atoms with Crippen LogP contribution in [0.15, 0.2) is 0 Å². The van der Waals surface area contributed by atoms with E-state index in [1.807, 2.05) is 11.7 Å². The largest absolute Gasteiger partial charge is 0.348 e. The van der Waals surface area contributed by atoms with Gasteiger partial charge in [0.2, 0.25) is 0 Å². The number of nitrogens with one attached hydrogen (secondary N) is 2. The quantitative estimate of drug-likeness (QED) is 0.735. The number of aryl methyl sites for hydroxylation is 1. The summed E-state index contributed by atoms with van der Waals surface area (Å²) in [5.41, 5.74) is 2.90. The second kappa shape index (κ2) is 3.59. The van der Waals surface area contributed by atoms with E-state index in [9.17, 15) is 4.79 Å². The van der Waals surface area contributed by atoms with Crippen LogP contribution in [0, 0.1) is 0 Å². The molecule has 0 bridgehead atoms. The minimum Gasteiger partial charge on any atom is -0.348 e. The van der Waals surface area contributed by atoms with Crippen molar-refractivity contribution in [2.24, 2.45) is 7.05 Å². The van der Waals surface area contributed by atoms with Crippen LogP contribution in [0.2, 0.25) is 0 Å². The highest BCUT2D eigenvalue weighted by Crippen LogP contribution is 2.21. The molecule has 5 heteroatoms. The molecule has 0 radical (unpaired) electrons. The van der Waals surface area contributed by atoms with Gasteiger partial charge in [0.15, 0.2) is 5.69 Å². The number of aromatic nitrogens is 2. The predicted molar refractivity (Wildman–Crippen MR) is 59.1 cm³/mol. The maximum absolute atomic E-state index is 12.0. The van der Waals surface area contributed by atoms with Crippen LogP contribution >= 0.6 is 0 Å². The summed E-state index contributed by atoms with van der Waals surface area (Å²) in [5.74, 6) is 0.00116. The van der Waals surface area contributed by atoms with E-state index >= 15 is 0 Å². The molecular formula is C11H16N4O. The van der Waals surface area contributed by atoms with E-state index in [4.69, 9.17) is 0 Å². The first-order valence-electron chi connectivity index (χ1n) is 5.82. The topological polar surface area (TPSA) is 59.0 Å².